The van der Waals surface area contributed by atoms with E-state index in [1.165, 1.54) is 24.3 Å². The third-order valence-electron chi connectivity index (χ3n) is 8.46. The third-order valence-corrected chi connectivity index (χ3v) is 8.46. The van der Waals surface area contributed by atoms with Crippen LogP contribution in [-0.4, -0.2) is 37.3 Å². The number of amides is 2. The predicted molar refractivity (Wildman–Crippen MR) is 187 cm³/mol. The summed E-state index contributed by atoms with van der Waals surface area (Å²) in [6.07, 6.45) is -3.66. The molecule has 4 rings (SSSR count). The fourth-order valence-electron chi connectivity index (χ4n) is 6.33. The molecule has 0 heterocycles. The number of halogens is 4. The van der Waals surface area contributed by atoms with Gasteiger partial charge in [-0.15, -0.1) is 13.2 Å². The molecule has 0 aliphatic carbocycles. The predicted octanol–water partition coefficient (Wildman–Crippen LogP) is 9.05. The van der Waals surface area contributed by atoms with Crippen LogP contribution in [0.5, 0.6) is 5.75 Å². The fourth-order valence-corrected chi connectivity index (χ4v) is 6.33. The van der Waals surface area contributed by atoms with Crippen molar-refractivity contribution in [3.8, 4) is 16.9 Å². The van der Waals surface area contributed by atoms with Crippen LogP contribution in [0.15, 0.2) is 78.9 Å². The number of carbonyl (C=O) groups is 3. The summed E-state index contributed by atoms with van der Waals surface area (Å²) in [5, 5.41) is 5.63. The molecule has 2 atom stereocenters. The number of ether oxygens (including phenoxy) is 2. The van der Waals surface area contributed by atoms with E-state index in [4.69, 9.17) is 4.74 Å². The van der Waals surface area contributed by atoms with E-state index in [0.717, 1.165) is 39.9 Å². The summed E-state index contributed by atoms with van der Waals surface area (Å²) in [7, 11) is 0. The highest BCUT2D eigenvalue weighted by molar-refractivity contribution is 5.96. The molecule has 11 heteroatoms. The molecule has 0 aromatic heterocycles. The van der Waals surface area contributed by atoms with E-state index in [0.29, 0.717) is 29.5 Å². The van der Waals surface area contributed by atoms with E-state index in [-0.39, 0.29) is 25.1 Å². The first kappa shape index (κ1) is 38.6. The lowest BCUT2D eigenvalue weighted by atomic mass is 9.83. The first-order valence-electron chi connectivity index (χ1n) is 16.8. The SMILES string of the molecule is CCCC(c1ccc(C(=O)NCCC(=O)OCC)cc1)C(NC(=O)c1ccc(-c2c(C)cc(C)cc2C)cc1F)c1ccc(OC(F)(F)F)cc1. The van der Waals surface area contributed by atoms with E-state index in [1.54, 1.807) is 37.3 Å². The highest BCUT2D eigenvalue weighted by atomic mass is 19.4. The maximum Gasteiger partial charge on any atom is 0.573 e. The average molecular weight is 707 g/mol. The lowest BCUT2D eigenvalue weighted by Gasteiger charge is -2.29. The summed E-state index contributed by atoms with van der Waals surface area (Å²) in [6, 6.07) is 19.6. The van der Waals surface area contributed by atoms with Gasteiger partial charge in [-0.3, -0.25) is 14.4 Å². The van der Waals surface area contributed by atoms with Crippen molar-refractivity contribution in [3.63, 3.8) is 0 Å². The normalized spacial score (nSPS) is 12.5. The van der Waals surface area contributed by atoms with E-state index in [2.05, 4.69) is 15.4 Å². The second-order valence-corrected chi connectivity index (χ2v) is 12.4. The smallest absolute Gasteiger partial charge is 0.466 e. The maximum atomic E-state index is 15.7. The molecule has 7 nitrogen and oxygen atoms in total. The lowest BCUT2D eigenvalue weighted by molar-refractivity contribution is -0.274. The van der Waals surface area contributed by atoms with Gasteiger partial charge in [0.05, 0.1) is 24.6 Å². The Balaban J connectivity index is 1.65. The van der Waals surface area contributed by atoms with Crippen LogP contribution in [0, 0.1) is 26.6 Å². The monoisotopic (exact) mass is 706 g/mol. The Hall–Kier alpha value is -5.19. The molecule has 2 amide bonds. The molecule has 0 bridgehead atoms. The van der Waals surface area contributed by atoms with E-state index < -0.39 is 47.7 Å². The van der Waals surface area contributed by atoms with Crippen LogP contribution in [0.1, 0.15) is 93.6 Å². The quantitative estimate of drug-likeness (QED) is 0.101. The number of hydrogen-bond acceptors (Lipinski definition) is 5. The molecule has 270 valence electrons. The Labute approximate surface area is 295 Å². The number of carbonyl (C=O) groups excluding carboxylic acids is 3. The number of aryl methyl sites for hydroxylation is 3. The molecule has 0 fully saturated rings. The number of rotatable bonds is 14. The van der Waals surface area contributed by atoms with Crippen LogP contribution in [0.3, 0.4) is 0 Å². The Bertz CT molecular complexity index is 1820. The topological polar surface area (TPSA) is 93.7 Å². The molecule has 2 unspecified atom stereocenters. The van der Waals surface area contributed by atoms with Crippen LogP contribution in [0.4, 0.5) is 17.6 Å². The lowest BCUT2D eigenvalue weighted by Crippen LogP contribution is -2.33. The molecule has 0 spiro atoms. The second-order valence-electron chi connectivity index (χ2n) is 12.4. The van der Waals surface area contributed by atoms with Gasteiger partial charge in [-0.05, 0) is 104 Å². The summed E-state index contributed by atoms with van der Waals surface area (Å²) in [5.41, 5.74) is 5.91. The molecular formula is C40H42F4N2O5. The molecule has 0 aliphatic rings. The van der Waals surface area contributed by atoms with Crippen molar-refractivity contribution >= 4 is 17.8 Å². The highest BCUT2D eigenvalue weighted by Gasteiger charge is 2.32. The first-order valence-corrected chi connectivity index (χ1v) is 16.8. The largest absolute Gasteiger partial charge is 0.573 e. The molecule has 0 aliphatic heterocycles. The van der Waals surface area contributed by atoms with Crippen LogP contribution in [-0.2, 0) is 9.53 Å². The summed E-state index contributed by atoms with van der Waals surface area (Å²) >= 11 is 0. The van der Waals surface area contributed by atoms with Crippen molar-refractivity contribution in [2.45, 2.75) is 72.2 Å². The van der Waals surface area contributed by atoms with Gasteiger partial charge in [-0.1, -0.05) is 61.4 Å². The number of nitrogens with one attached hydrogen (secondary N) is 2. The summed E-state index contributed by atoms with van der Waals surface area (Å²) in [6.45, 7) is 9.87. The number of benzene rings is 4. The minimum absolute atomic E-state index is 0.0268. The second kappa shape index (κ2) is 17.2. The molecule has 0 saturated heterocycles. The summed E-state index contributed by atoms with van der Waals surface area (Å²) < 4.78 is 63.4. The average Bonchev–Trinajstić information content (AvgIpc) is 3.06. The van der Waals surface area contributed by atoms with E-state index >= 15 is 4.39 Å². The molecule has 2 N–H and O–H groups in total. The zero-order valence-corrected chi connectivity index (χ0v) is 29.2. The number of esters is 1. The molecule has 51 heavy (non-hydrogen) atoms. The molecule has 0 radical (unpaired) electrons. The van der Waals surface area contributed by atoms with Crippen molar-refractivity contribution in [2.75, 3.05) is 13.2 Å². The van der Waals surface area contributed by atoms with Gasteiger partial charge in [0.1, 0.15) is 11.6 Å². The first-order chi connectivity index (χ1) is 24.2. The van der Waals surface area contributed by atoms with Gasteiger partial charge in [0.2, 0.25) is 0 Å². The molecule has 0 saturated carbocycles. The van der Waals surface area contributed by atoms with Gasteiger partial charge in [-0.2, -0.15) is 0 Å². The minimum Gasteiger partial charge on any atom is -0.466 e. The van der Waals surface area contributed by atoms with Crippen molar-refractivity contribution in [2.24, 2.45) is 0 Å². The molecule has 4 aromatic carbocycles. The Morgan fingerprint density at radius 1 is 0.804 bits per heavy atom. The van der Waals surface area contributed by atoms with Crippen molar-refractivity contribution in [3.05, 3.63) is 124 Å². The summed E-state index contributed by atoms with van der Waals surface area (Å²) in [4.78, 5) is 38.1. The standard InChI is InChI=1S/C40H42F4N2O5/c1-6-8-32(27-9-11-29(12-10-27)38(48)45-20-19-35(47)50-7-2)37(28-13-16-31(17-14-28)51-40(42,43)44)46-39(49)33-18-15-30(23-34(33)41)36-25(4)21-24(3)22-26(36)5/h9-18,21-23,32,37H,6-8,19-20H2,1-5H3,(H,45,48)(H,46,49). The van der Waals surface area contributed by atoms with Gasteiger partial charge in [0.15, 0.2) is 0 Å². The van der Waals surface area contributed by atoms with Gasteiger partial charge < -0.3 is 20.1 Å². The van der Waals surface area contributed by atoms with Gasteiger partial charge in [0, 0.05) is 18.0 Å². The van der Waals surface area contributed by atoms with Crippen LogP contribution >= 0.6 is 0 Å². The zero-order chi connectivity index (χ0) is 37.3. The highest BCUT2D eigenvalue weighted by Crippen LogP contribution is 2.37. The molecule has 4 aromatic rings. The Morgan fingerprint density at radius 3 is 2.00 bits per heavy atom. The minimum atomic E-state index is -4.88. The van der Waals surface area contributed by atoms with Crippen molar-refractivity contribution in [1.29, 1.82) is 0 Å². The van der Waals surface area contributed by atoms with Crippen molar-refractivity contribution < 1.29 is 41.4 Å². The van der Waals surface area contributed by atoms with Crippen molar-refractivity contribution in [1.82, 2.24) is 10.6 Å². The Kier molecular flexibility index (Phi) is 13.0. The fraction of sp³-hybridized carbons (Fsp3) is 0.325. The van der Waals surface area contributed by atoms with E-state index in [9.17, 15) is 27.6 Å². The summed E-state index contributed by atoms with van der Waals surface area (Å²) in [5.74, 6) is -3.08. The zero-order valence-electron chi connectivity index (χ0n) is 29.2. The van der Waals surface area contributed by atoms with Gasteiger partial charge in [0.25, 0.3) is 11.8 Å². The van der Waals surface area contributed by atoms with Gasteiger partial charge >= 0.3 is 12.3 Å². The Morgan fingerprint density at radius 2 is 1.43 bits per heavy atom. The van der Waals surface area contributed by atoms with Crippen LogP contribution < -0.4 is 15.4 Å². The maximum absolute atomic E-state index is 15.7. The molecular weight excluding hydrogens is 664 g/mol. The van der Waals surface area contributed by atoms with Crippen LogP contribution in [0.25, 0.3) is 11.1 Å². The van der Waals surface area contributed by atoms with Crippen LogP contribution in [0.2, 0.25) is 0 Å². The van der Waals surface area contributed by atoms with Gasteiger partial charge in [-0.25, -0.2) is 4.39 Å². The van der Waals surface area contributed by atoms with E-state index in [1.807, 2.05) is 39.8 Å². The number of hydrogen-bond donors (Lipinski definition) is 2. The third kappa shape index (κ3) is 10.4. The number of alkyl halides is 3.